The Morgan fingerprint density at radius 2 is 1.78 bits per heavy atom. The van der Waals surface area contributed by atoms with Crippen LogP contribution in [0.15, 0.2) is 35.2 Å². The quantitative estimate of drug-likeness (QED) is 0.214. The number of aliphatic hydroxyl groups excluding tert-OH is 2. The third-order valence-corrected chi connectivity index (χ3v) is 6.33. The van der Waals surface area contributed by atoms with Crippen LogP contribution < -0.4 is 11.1 Å². The van der Waals surface area contributed by atoms with Gasteiger partial charge in [-0.15, -0.1) is 11.8 Å². The van der Waals surface area contributed by atoms with Crippen molar-refractivity contribution in [2.45, 2.75) is 44.1 Å². The fraction of sp³-hybridized carbons (Fsp3) is 0.435. The zero-order valence-electron chi connectivity index (χ0n) is 18.1. The van der Waals surface area contributed by atoms with Gasteiger partial charge in [0.2, 0.25) is 0 Å². The van der Waals surface area contributed by atoms with E-state index in [1.807, 2.05) is 6.92 Å². The average molecular weight is 471 g/mol. The van der Waals surface area contributed by atoms with Gasteiger partial charge >= 0.3 is 0 Å². The third kappa shape index (κ3) is 7.72. The number of halogens is 3. The molecule has 0 aliphatic heterocycles. The predicted octanol–water partition coefficient (Wildman–Crippen LogP) is 4.83. The minimum absolute atomic E-state index is 0.0816. The number of rotatable bonds is 11. The van der Waals surface area contributed by atoms with Crippen molar-refractivity contribution < 1.29 is 28.2 Å². The maximum absolute atomic E-state index is 13.4. The summed E-state index contributed by atoms with van der Waals surface area (Å²) in [5.74, 6) is -3.96. The van der Waals surface area contributed by atoms with Gasteiger partial charge in [-0.05, 0) is 56.2 Å². The summed E-state index contributed by atoms with van der Waals surface area (Å²) < 4.78 is 39.9. The summed E-state index contributed by atoms with van der Waals surface area (Å²) in [7, 11) is 0. The number of thioether (sulfide) groups is 1. The van der Waals surface area contributed by atoms with E-state index in [1.54, 1.807) is 19.1 Å². The van der Waals surface area contributed by atoms with Gasteiger partial charge in [0.25, 0.3) is 5.91 Å². The molecule has 0 radical (unpaired) electrons. The maximum atomic E-state index is 13.4. The molecule has 0 spiro atoms. The van der Waals surface area contributed by atoms with E-state index in [4.69, 9.17) is 5.73 Å². The molecule has 3 atom stereocenters. The number of anilines is 2. The van der Waals surface area contributed by atoms with Crippen molar-refractivity contribution in [3.8, 4) is 0 Å². The minimum atomic E-state index is -1.60. The molecular formula is C23H29F3N2O3S. The van der Waals surface area contributed by atoms with E-state index < -0.39 is 29.5 Å². The Morgan fingerprint density at radius 3 is 2.38 bits per heavy atom. The zero-order chi connectivity index (χ0) is 23.8. The molecule has 5 N–H and O–H groups in total. The standard InChI is InChI=1S/C23H29F3N2O3S/c1-13(11-29)7-15(4-3-14(2)30)12-32-21-8-16(5-6-20(21)27)23(31)28-17-9-18(24)22(26)19(25)10-17/h5-6,8-10,13-15,29-30H,3-4,7,11-12,27H2,1-2H3,(H,28,31). The molecule has 0 fully saturated rings. The summed E-state index contributed by atoms with van der Waals surface area (Å²) in [5, 5.41) is 21.3. The van der Waals surface area contributed by atoms with Crippen LogP contribution in [0.1, 0.15) is 43.5 Å². The van der Waals surface area contributed by atoms with Crippen LogP contribution in [0.25, 0.3) is 0 Å². The van der Waals surface area contributed by atoms with Gasteiger partial charge in [0.05, 0.1) is 6.10 Å². The lowest BCUT2D eigenvalue weighted by Crippen LogP contribution is -2.15. The van der Waals surface area contributed by atoms with Gasteiger partial charge in [0.1, 0.15) is 0 Å². The van der Waals surface area contributed by atoms with Crippen LogP contribution in [-0.4, -0.2) is 34.6 Å². The normalized spacial score (nSPS) is 14.1. The molecule has 9 heteroatoms. The molecule has 0 aliphatic carbocycles. The van der Waals surface area contributed by atoms with Crippen LogP contribution in [0, 0.1) is 29.3 Å². The topological polar surface area (TPSA) is 95.6 Å². The molecule has 2 rings (SSSR count). The van der Waals surface area contributed by atoms with E-state index in [0.29, 0.717) is 34.9 Å². The van der Waals surface area contributed by atoms with Crippen LogP contribution >= 0.6 is 11.8 Å². The fourth-order valence-corrected chi connectivity index (χ4v) is 4.39. The fourth-order valence-electron chi connectivity index (χ4n) is 3.23. The Labute approximate surface area is 190 Å². The highest BCUT2D eigenvalue weighted by atomic mass is 32.2. The first-order chi connectivity index (χ1) is 15.1. The molecule has 176 valence electrons. The molecule has 0 bridgehead atoms. The average Bonchev–Trinajstić information content (AvgIpc) is 2.74. The van der Waals surface area contributed by atoms with Gasteiger partial charge in [-0.25, -0.2) is 13.2 Å². The maximum Gasteiger partial charge on any atom is 0.255 e. The first-order valence-corrected chi connectivity index (χ1v) is 11.4. The first kappa shape index (κ1) is 26.0. The van der Waals surface area contributed by atoms with Crippen molar-refractivity contribution in [3.05, 3.63) is 53.3 Å². The van der Waals surface area contributed by atoms with Gasteiger partial charge in [-0.2, -0.15) is 0 Å². The van der Waals surface area contributed by atoms with Crippen molar-refractivity contribution in [3.63, 3.8) is 0 Å². The minimum Gasteiger partial charge on any atom is -0.398 e. The number of nitrogens with two attached hydrogens (primary N) is 1. The van der Waals surface area contributed by atoms with Crippen LogP contribution in [0.2, 0.25) is 0 Å². The van der Waals surface area contributed by atoms with Crippen molar-refractivity contribution in [2.75, 3.05) is 23.4 Å². The molecule has 0 aliphatic rings. The number of nitrogens with one attached hydrogen (secondary N) is 1. The molecule has 2 aromatic rings. The van der Waals surface area contributed by atoms with Crippen molar-refractivity contribution >= 4 is 29.0 Å². The molecule has 1 amide bonds. The van der Waals surface area contributed by atoms with Gasteiger partial charge in [0, 0.05) is 46.3 Å². The van der Waals surface area contributed by atoms with Crippen LogP contribution in [0.5, 0.6) is 0 Å². The smallest absolute Gasteiger partial charge is 0.255 e. The van der Waals surface area contributed by atoms with E-state index in [1.165, 1.54) is 17.8 Å². The van der Waals surface area contributed by atoms with E-state index in [-0.39, 0.29) is 29.7 Å². The number of amides is 1. The molecule has 2 aromatic carbocycles. The summed E-state index contributed by atoms with van der Waals surface area (Å²) in [6.07, 6.45) is 1.81. The van der Waals surface area contributed by atoms with Gasteiger partial charge < -0.3 is 21.3 Å². The number of benzene rings is 2. The number of hydrogen-bond acceptors (Lipinski definition) is 5. The molecule has 32 heavy (non-hydrogen) atoms. The largest absolute Gasteiger partial charge is 0.398 e. The first-order valence-electron chi connectivity index (χ1n) is 10.4. The molecular weight excluding hydrogens is 441 g/mol. The SMILES string of the molecule is CC(O)CCC(CSc1cc(C(=O)Nc2cc(F)c(F)c(F)c2)ccc1N)CC(C)CO. The predicted molar refractivity (Wildman–Crippen MR) is 121 cm³/mol. The number of carbonyl (C=O) groups excluding carboxylic acids is 1. The Balaban J connectivity index is 2.10. The number of aliphatic hydroxyl groups is 2. The summed E-state index contributed by atoms with van der Waals surface area (Å²) in [6, 6.07) is 6.07. The van der Waals surface area contributed by atoms with Gasteiger partial charge in [0.15, 0.2) is 17.5 Å². The Kier molecular flexibility index (Phi) is 9.86. The second-order valence-electron chi connectivity index (χ2n) is 8.09. The summed E-state index contributed by atoms with van der Waals surface area (Å²) in [5.41, 5.74) is 6.57. The van der Waals surface area contributed by atoms with E-state index in [0.717, 1.165) is 12.8 Å². The molecule has 0 aromatic heterocycles. The van der Waals surface area contributed by atoms with Crippen LogP contribution in [0.4, 0.5) is 24.5 Å². The van der Waals surface area contributed by atoms with Crippen molar-refractivity contribution in [1.82, 2.24) is 0 Å². The monoisotopic (exact) mass is 470 g/mol. The van der Waals surface area contributed by atoms with E-state index >= 15 is 0 Å². The number of carbonyl (C=O) groups is 1. The lowest BCUT2D eigenvalue weighted by atomic mass is 9.93. The zero-order valence-corrected chi connectivity index (χ0v) is 18.9. The number of nitrogen functional groups attached to an aromatic ring is 1. The third-order valence-electron chi connectivity index (χ3n) is 5.03. The van der Waals surface area contributed by atoms with Gasteiger partial charge in [-0.1, -0.05) is 6.92 Å². The second kappa shape index (κ2) is 12.1. The Hall–Kier alpha value is -2.23. The Morgan fingerprint density at radius 1 is 1.12 bits per heavy atom. The summed E-state index contributed by atoms with van der Waals surface area (Å²) in [4.78, 5) is 13.2. The lowest BCUT2D eigenvalue weighted by Gasteiger charge is -2.21. The highest BCUT2D eigenvalue weighted by Gasteiger charge is 2.17. The van der Waals surface area contributed by atoms with E-state index in [2.05, 4.69) is 5.32 Å². The summed E-state index contributed by atoms with van der Waals surface area (Å²) in [6.45, 7) is 3.78. The lowest BCUT2D eigenvalue weighted by molar-refractivity contribution is 0.102. The van der Waals surface area contributed by atoms with Crippen LogP contribution in [0.3, 0.4) is 0 Å². The van der Waals surface area contributed by atoms with Crippen molar-refractivity contribution in [1.29, 1.82) is 0 Å². The summed E-state index contributed by atoms with van der Waals surface area (Å²) >= 11 is 1.47. The highest BCUT2D eigenvalue weighted by Crippen LogP contribution is 2.31. The second-order valence-corrected chi connectivity index (χ2v) is 9.15. The molecule has 5 nitrogen and oxygen atoms in total. The molecule has 0 heterocycles. The highest BCUT2D eigenvalue weighted by molar-refractivity contribution is 7.99. The molecule has 0 saturated heterocycles. The van der Waals surface area contributed by atoms with Crippen LogP contribution in [-0.2, 0) is 0 Å². The Bertz CT molecular complexity index is 904. The number of hydrogen-bond donors (Lipinski definition) is 4. The molecule has 0 saturated carbocycles. The van der Waals surface area contributed by atoms with Crippen molar-refractivity contribution in [2.24, 2.45) is 11.8 Å². The van der Waals surface area contributed by atoms with E-state index in [9.17, 15) is 28.2 Å². The molecule has 3 unspecified atom stereocenters. The van der Waals surface area contributed by atoms with Gasteiger partial charge in [-0.3, -0.25) is 4.79 Å².